The minimum Gasteiger partial charge on any atom is -0.491 e. The van der Waals surface area contributed by atoms with Crippen molar-refractivity contribution in [3.05, 3.63) is 29.3 Å². The Balaban J connectivity index is 1.87. The van der Waals surface area contributed by atoms with Crippen molar-refractivity contribution in [1.82, 2.24) is 5.32 Å². The third-order valence-electron chi connectivity index (χ3n) is 4.49. The normalized spacial score (nSPS) is 20.7. The summed E-state index contributed by atoms with van der Waals surface area (Å²) in [4.78, 5) is 12.1. The average molecular weight is 341 g/mol. The molecule has 0 aliphatic heterocycles. The number of carbonyl (C=O) groups is 1. The largest absolute Gasteiger partial charge is 0.491 e. The minimum atomic E-state index is -0.975. The Morgan fingerprint density at radius 2 is 2.08 bits per heavy atom. The first-order chi connectivity index (χ1) is 11.5. The fourth-order valence-corrected chi connectivity index (χ4v) is 3.19. The van der Waals surface area contributed by atoms with Crippen LogP contribution in [-0.2, 0) is 0 Å². The number of carbonyl (C=O) groups excluding carboxylic acids is 1. The maximum Gasteiger partial charge on any atom is 0.257 e. The van der Waals surface area contributed by atoms with E-state index in [1.807, 2.05) is 0 Å². The Bertz CT molecular complexity index is 565. The number of amides is 1. The molecule has 24 heavy (non-hydrogen) atoms. The highest BCUT2D eigenvalue weighted by Gasteiger charge is 2.23. The molecule has 0 radical (unpaired) electrons. The van der Waals surface area contributed by atoms with Gasteiger partial charge in [-0.05, 0) is 50.7 Å². The van der Waals surface area contributed by atoms with Crippen molar-refractivity contribution in [2.45, 2.75) is 51.6 Å². The number of rotatable bonds is 7. The molecule has 1 aromatic rings. The van der Waals surface area contributed by atoms with Crippen LogP contribution in [0.1, 0.15) is 55.8 Å². The lowest BCUT2D eigenvalue weighted by Gasteiger charge is -2.27. The van der Waals surface area contributed by atoms with Gasteiger partial charge in [-0.2, -0.15) is 0 Å². The Morgan fingerprint density at radius 3 is 2.79 bits per heavy atom. The molecule has 0 heterocycles. The summed E-state index contributed by atoms with van der Waals surface area (Å²) in [6.45, 7) is 2.23. The molecule has 0 aromatic heterocycles. The van der Waals surface area contributed by atoms with E-state index in [4.69, 9.17) is 4.74 Å². The van der Waals surface area contributed by atoms with E-state index in [2.05, 4.69) is 5.32 Å². The molecule has 0 saturated heterocycles. The van der Waals surface area contributed by atoms with Crippen LogP contribution in [0.15, 0.2) is 12.1 Å². The van der Waals surface area contributed by atoms with Gasteiger partial charge in [0.25, 0.3) is 5.91 Å². The van der Waals surface area contributed by atoms with Crippen LogP contribution >= 0.6 is 0 Å². The van der Waals surface area contributed by atoms with E-state index in [0.29, 0.717) is 13.0 Å². The van der Waals surface area contributed by atoms with Crippen LogP contribution < -0.4 is 10.1 Å². The van der Waals surface area contributed by atoms with E-state index in [-0.39, 0.29) is 24.4 Å². The fraction of sp³-hybridized carbons (Fsp3) is 0.611. The molecule has 1 aliphatic carbocycles. The number of aliphatic hydroxyl groups is 1. The zero-order chi connectivity index (χ0) is 17.5. The van der Waals surface area contributed by atoms with Crippen molar-refractivity contribution in [1.29, 1.82) is 0 Å². The molecular formula is C18H25F2NO3. The second-order valence-corrected chi connectivity index (χ2v) is 6.18. The van der Waals surface area contributed by atoms with E-state index >= 15 is 0 Å². The highest BCUT2D eigenvalue weighted by molar-refractivity contribution is 5.95. The third kappa shape index (κ3) is 4.66. The fourth-order valence-electron chi connectivity index (χ4n) is 3.19. The quantitative estimate of drug-likeness (QED) is 0.747. The van der Waals surface area contributed by atoms with Crippen LogP contribution in [0.3, 0.4) is 0 Å². The summed E-state index contributed by atoms with van der Waals surface area (Å²) in [6, 6.07) is 2.21. The number of halogens is 2. The topological polar surface area (TPSA) is 58.6 Å². The number of benzene rings is 1. The lowest BCUT2D eigenvalue weighted by molar-refractivity contribution is 0.0641. The molecule has 6 heteroatoms. The summed E-state index contributed by atoms with van der Waals surface area (Å²) in [6.07, 6.45) is 5.20. The zero-order valence-electron chi connectivity index (χ0n) is 14.0. The standard InChI is InChI=1S/C18H25F2NO3/c1-2-24-15-10-9-13(19)16(17(15)20)18(23)21-11-5-7-12-6-3-4-8-14(12)22/h9-10,12,14,22H,2-8,11H2,1H3,(H,21,23). The molecule has 1 amide bonds. The van der Waals surface area contributed by atoms with Gasteiger partial charge < -0.3 is 15.2 Å². The maximum absolute atomic E-state index is 14.2. The van der Waals surface area contributed by atoms with Gasteiger partial charge in [0.05, 0.1) is 12.7 Å². The molecular weight excluding hydrogens is 316 g/mol. The van der Waals surface area contributed by atoms with Gasteiger partial charge in [0.2, 0.25) is 0 Å². The van der Waals surface area contributed by atoms with Gasteiger partial charge in [-0.1, -0.05) is 12.8 Å². The second kappa shape index (κ2) is 8.97. The maximum atomic E-state index is 14.2. The SMILES string of the molecule is CCOc1ccc(F)c(C(=O)NCCCC2CCCCC2O)c1F. The van der Waals surface area contributed by atoms with Gasteiger partial charge in [-0.15, -0.1) is 0 Å². The molecule has 1 fully saturated rings. The summed E-state index contributed by atoms with van der Waals surface area (Å²) in [5, 5.41) is 12.5. The Morgan fingerprint density at radius 1 is 1.33 bits per heavy atom. The Hall–Kier alpha value is -1.69. The van der Waals surface area contributed by atoms with E-state index in [1.54, 1.807) is 6.92 Å². The number of ether oxygens (including phenoxy) is 1. The molecule has 2 unspecified atom stereocenters. The van der Waals surface area contributed by atoms with E-state index < -0.39 is 23.1 Å². The summed E-state index contributed by atoms with van der Waals surface area (Å²) in [5.41, 5.74) is -0.612. The van der Waals surface area contributed by atoms with Crippen LogP contribution in [0.5, 0.6) is 5.75 Å². The van der Waals surface area contributed by atoms with E-state index in [1.165, 1.54) is 6.07 Å². The van der Waals surface area contributed by atoms with Crippen LogP contribution in [0, 0.1) is 17.6 Å². The Labute approximate surface area is 141 Å². The van der Waals surface area contributed by atoms with Crippen molar-refractivity contribution in [2.75, 3.05) is 13.2 Å². The molecule has 2 N–H and O–H groups in total. The third-order valence-corrected chi connectivity index (χ3v) is 4.49. The predicted octanol–water partition coefficient (Wildman–Crippen LogP) is 3.42. The van der Waals surface area contributed by atoms with Crippen LogP contribution in [-0.4, -0.2) is 30.3 Å². The number of hydrogen-bond donors (Lipinski definition) is 2. The minimum absolute atomic E-state index is 0.130. The Kier molecular flexibility index (Phi) is 6.97. The second-order valence-electron chi connectivity index (χ2n) is 6.18. The van der Waals surface area contributed by atoms with Gasteiger partial charge >= 0.3 is 0 Å². The smallest absolute Gasteiger partial charge is 0.257 e. The molecule has 2 atom stereocenters. The lowest BCUT2D eigenvalue weighted by Crippen LogP contribution is -2.29. The summed E-state index contributed by atoms with van der Waals surface area (Å²) in [7, 11) is 0. The lowest BCUT2D eigenvalue weighted by atomic mass is 9.83. The van der Waals surface area contributed by atoms with Crippen LogP contribution in [0.25, 0.3) is 0 Å². The molecule has 4 nitrogen and oxygen atoms in total. The van der Waals surface area contributed by atoms with Gasteiger partial charge in [0.15, 0.2) is 11.6 Å². The molecule has 0 spiro atoms. The molecule has 1 saturated carbocycles. The monoisotopic (exact) mass is 341 g/mol. The molecule has 134 valence electrons. The molecule has 2 rings (SSSR count). The van der Waals surface area contributed by atoms with E-state index in [0.717, 1.165) is 38.2 Å². The van der Waals surface area contributed by atoms with Crippen molar-refractivity contribution in [2.24, 2.45) is 5.92 Å². The van der Waals surface area contributed by atoms with Gasteiger partial charge in [-0.25, -0.2) is 8.78 Å². The summed E-state index contributed by atoms with van der Waals surface area (Å²) < 4.78 is 33.0. The van der Waals surface area contributed by atoms with Crippen LogP contribution in [0.4, 0.5) is 8.78 Å². The molecule has 1 aromatic carbocycles. The van der Waals surface area contributed by atoms with E-state index in [9.17, 15) is 18.7 Å². The highest BCUT2D eigenvalue weighted by Crippen LogP contribution is 2.28. The van der Waals surface area contributed by atoms with Crippen molar-refractivity contribution >= 4 is 5.91 Å². The van der Waals surface area contributed by atoms with Crippen LogP contribution in [0.2, 0.25) is 0 Å². The number of nitrogens with one attached hydrogen (secondary N) is 1. The molecule has 0 bridgehead atoms. The van der Waals surface area contributed by atoms with Crippen molar-refractivity contribution in [3.63, 3.8) is 0 Å². The summed E-state index contributed by atoms with van der Waals surface area (Å²) in [5.74, 6) is -2.54. The first-order valence-corrected chi connectivity index (χ1v) is 8.61. The van der Waals surface area contributed by atoms with Crippen molar-refractivity contribution < 1.29 is 23.4 Å². The summed E-state index contributed by atoms with van der Waals surface area (Å²) >= 11 is 0. The first kappa shape index (κ1) is 18.6. The van der Waals surface area contributed by atoms with Gasteiger partial charge in [0, 0.05) is 6.54 Å². The van der Waals surface area contributed by atoms with Crippen molar-refractivity contribution in [3.8, 4) is 5.75 Å². The van der Waals surface area contributed by atoms with Gasteiger partial charge in [0.1, 0.15) is 11.4 Å². The number of hydrogen-bond acceptors (Lipinski definition) is 3. The average Bonchev–Trinajstić information content (AvgIpc) is 2.56. The van der Waals surface area contributed by atoms with Gasteiger partial charge in [-0.3, -0.25) is 4.79 Å². The predicted molar refractivity (Wildman–Crippen MR) is 87.1 cm³/mol. The highest BCUT2D eigenvalue weighted by atomic mass is 19.1. The first-order valence-electron chi connectivity index (χ1n) is 8.61. The zero-order valence-corrected chi connectivity index (χ0v) is 14.0. The molecule has 1 aliphatic rings. The number of aliphatic hydroxyl groups excluding tert-OH is 1.